The summed E-state index contributed by atoms with van der Waals surface area (Å²) in [6.07, 6.45) is 4.26. The lowest BCUT2D eigenvalue weighted by Gasteiger charge is -2.20. The number of carbonyl (C=O) groups excluding carboxylic acids is 1. The molecule has 4 heteroatoms. The van der Waals surface area contributed by atoms with Crippen molar-refractivity contribution in [3.63, 3.8) is 0 Å². The summed E-state index contributed by atoms with van der Waals surface area (Å²) in [6.45, 7) is 0. The summed E-state index contributed by atoms with van der Waals surface area (Å²) >= 11 is 7.65. The van der Waals surface area contributed by atoms with Crippen LogP contribution in [0.25, 0.3) is 0 Å². The molecule has 3 unspecified atom stereocenters. The molecular weight excluding hydrogens is 278 g/mol. The highest BCUT2D eigenvalue weighted by atomic mass is 35.5. The van der Waals surface area contributed by atoms with Gasteiger partial charge in [0.05, 0.1) is 5.25 Å². The van der Waals surface area contributed by atoms with Crippen molar-refractivity contribution in [1.82, 2.24) is 5.32 Å². The molecule has 2 aliphatic rings. The molecule has 1 aliphatic heterocycles. The number of fused-ring (bicyclic) bond motifs is 1. The Morgan fingerprint density at radius 3 is 3.00 bits per heavy atom. The van der Waals surface area contributed by atoms with Crippen LogP contribution in [0.4, 0.5) is 0 Å². The maximum Gasteiger partial charge on any atom is 0.234 e. The van der Waals surface area contributed by atoms with Crippen molar-refractivity contribution in [1.29, 1.82) is 0 Å². The average Bonchev–Trinajstić information content (AvgIpc) is 3.03. The molecule has 3 atom stereocenters. The van der Waals surface area contributed by atoms with E-state index in [1.165, 1.54) is 16.9 Å². The van der Waals surface area contributed by atoms with Crippen molar-refractivity contribution in [2.24, 2.45) is 5.92 Å². The summed E-state index contributed by atoms with van der Waals surface area (Å²) in [5.74, 6) is 1.30. The lowest BCUT2D eigenvalue weighted by molar-refractivity contribution is -0.121. The van der Waals surface area contributed by atoms with Crippen molar-refractivity contribution in [2.45, 2.75) is 41.9 Å². The number of alkyl halides is 1. The number of amides is 1. The summed E-state index contributed by atoms with van der Waals surface area (Å²) < 4.78 is 0. The fraction of sp³-hybridized carbons (Fsp3) is 0.533. The van der Waals surface area contributed by atoms with Gasteiger partial charge in [0.15, 0.2) is 0 Å². The van der Waals surface area contributed by atoms with Gasteiger partial charge in [-0.1, -0.05) is 24.6 Å². The second-order valence-corrected chi connectivity index (χ2v) is 6.93. The number of carbonyl (C=O) groups is 1. The second-order valence-electron chi connectivity index (χ2n) is 5.38. The van der Waals surface area contributed by atoms with Gasteiger partial charge >= 0.3 is 0 Å². The number of hydrogen-bond donors (Lipinski definition) is 1. The fourth-order valence-electron chi connectivity index (χ4n) is 3.02. The normalized spacial score (nSPS) is 29.2. The minimum Gasteiger partial charge on any atom is -0.352 e. The van der Waals surface area contributed by atoms with E-state index in [2.05, 4.69) is 17.4 Å². The molecule has 1 N–H and O–H groups in total. The van der Waals surface area contributed by atoms with E-state index in [9.17, 15) is 4.79 Å². The highest BCUT2D eigenvalue weighted by Gasteiger charge is 2.33. The Balaban J connectivity index is 1.61. The van der Waals surface area contributed by atoms with E-state index >= 15 is 0 Å². The monoisotopic (exact) mass is 295 g/mol. The van der Waals surface area contributed by atoms with E-state index in [4.69, 9.17) is 11.6 Å². The second kappa shape index (κ2) is 5.76. The Bertz CT molecular complexity index is 454. The van der Waals surface area contributed by atoms with Crippen molar-refractivity contribution >= 4 is 29.3 Å². The molecule has 1 aromatic rings. The van der Waals surface area contributed by atoms with Crippen LogP contribution in [0.2, 0.25) is 0 Å². The molecule has 0 saturated heterocycles. The maximum atomic E-state index is 12.4. The molecule has 0 bridgehead atoms. The standard InChI is InChI=1S/C15H18ClNOS/c16-9-11-5-3-6-12(11)17-15(18)14-8-10-4-1-2-7-13(10)19-14/h1-2,4,7,11-12,14H,3,5-6,8-9H2,(H,17,18). The Kier molecular flexibility index (Phi) is 4.04. The Labute approximate surface area is 123 Å². The fourth-order valence-corrected chi connectivity index (χ4v) is 4.59. The van der Waals surface area contributed by atoms with E-state index in [0.29, 0.717) is 11.8 Å². The molecule has 1 amide bonds. The topological polar surface area (TPSA) is 29.1 Å². The molecule has 1 aromatic carbocycles. The molecule has 19 heavy (non-hydrogen) atoms. The molecule has 0 aromatic heterocycles. The Morgan fingerprint density at radius 1 is 1.37 bits per heavy atom. The molecule has 2 nitrogen and oxygen atoms in total. The van der Waals surface area contributed by atoms with Gasteiger partial charge in [-0.2, -0.15) is 0 Å². The zero-order valence-corrected chi connectivity index (χ0v) is 12.3. The molecule has 3 rings (SSSR count). The molecule has 102 valence electrons. The molecule has 1 aliphatic carbocycles. The van der Waals surface area contributed by atoms with Gasteiger partial charge in [-0.25, -0.2) is 0 Å². The van der Waals surface area contributed by atoms with E-state index in [1.54, 1.807) is 11.8 Å². The first-order valence-electron chi connectivity index (χ1n) is 6.89. The van der Waals surface area contributed by atoms with Gasteiger partial charge in [0.25, 0.3) is 0 Å². The van der Waals surface area contributed by atoms with Crippen LogP contribution in [-0.2, 0) is 11.2 Å². The van der Waals surface area contributed by atoms with Gasteiger partial charge < -0.3 is 5.32 Å². The van der Waals surface area contributed by atoms with E-state index in [1.807, 2.05) is 12.1 Å². The van der Waals surface area contributed by atoms with Crippen LogP contribution in [0.5, 0.6) is 0 Å². The number of benzene rings is 1. The Morgan fingerprint density at radius 2 is 2.21 bits per heavy atom. The largest absolute Gasteiger partial charge is 0.352 e. The predicted octanol–water partition coefficient (Wildman–Crippen LogP) is 3.23. The van der Waals surface area contributed by atoms with Crippen LogP contribution in [0.3, 0.4) is 0 Å². The molecule has 1 heterocycles. The number of halogens is 1. The van der Waals surface area contributed by atoms with Crippen LogP contribution >= 0.6 is 23.4 Å². The van der Waals surface area contributed by atoms with Crippen LogP contribution in [0, 0.1) is 5.92 Å². The zero-order valence-electron chi connectivity index (χ0n) is 10.8. The van der Waals surface area contributed by atoms with E-state index in [0.717, 1.165) is 19.3 Å². The summed E-state index contributed by atoms with van der Waals surface area (Å²) in [7, 11) is 0. The van der Waals surface area contributed by atoms with Crippen molar-refractivity contribution in [2.75, 3.05) is 5.88 Å². The molecule has 1 fully saturated rings. The third kappa shape index (κ3) is 2.77. The smallest absolute Gasteiger partial charge is 0.234 e. The van der Waals surface area contributed by atoms with Gasteiger partial charge in [0, 0.05) is 16.8 Å². The van der Waals surface area contributed by atoms with Gasteiger partial charge in [0.2, 0.25) is 5.91 Å². The minimum atomic E-state index is 0.0361. The van der Waals surface area contributed by atoms with Crippen LogP contribution in [0.1, 0.15) is 24.8 Å². The third-order valence-electron chi connectivity index (χ3n) is 4.12. The Hall–Kier alpha value is -0.670. The van der Waals surface area contributed by atoms with Gasteiger partial charge in [-0.15, -0.1) is 23.4 Å². The number of nitrogens with one attached hydrogen (secondary N) is 1. The first-order valence-corrected chi connectivity index (χ1v) is 8.30. The molecular formula is C15H18ClNOS. The van der Waals surface area contributed by atoms with Gasteiger partial charge in [0.1, 0.15) is 0 Å². The predicted molar refractivity (Wildman–Crippen MR) is 79.8 cm³/mol. The summed E-state index contributed by atoms with van der Waals surface area (Å²) in [5.41, 5.74) is 1.30. The number of hydrogen-bond acceptors (Lipinski definition) is 2. The molecule has 0 spiro atoms. The van der Waals surface area contributed by atoms with E-state index < -0.39 is 0 Å². The van der Waals surface area contributed by atoms with Crippen molar-refractivity contribution in [3.8, 4) is 0 Å². The average molecular weight is 296 g/mol. The molecule has 0 radical (unpaired) electrons. The lowest BCUT2D eigenvalue weighted by Crippen LogP contribution is -2.42. The SMILES string of the molecule is O=C(NC1CCCC1CCl)C1Cc2ccccc2S1. The van der Waals surface area contributed by atoms with Crippen LogP contribution in [-0.4, -0.2) is 23.1 Å². The van der Waals surface area contributed by atoms with Crippen LogP contribution in [0.15, 0.2) is 29.2 Å². The van der Waals surface area contributed by atoms with Gasteiger partial charge in [-0.3, -0.25) is 4.79 Å². The van der Waals surface area contributed by atoms with Crippen LogP contribution < -0.4 is 5.32 Å². The maximum absolute atomic E-state index is 12.4. The summed E-state index contributed by atoms with van der Waals surface area (Å²) in [6, 6.07) is 8.58. The zero-order chi connectivity index (χ0) is 13.2. The van der Waals surface area contributed by atoms with Crippen molar-refractivity contribution < 1.29 is 4.79 Å². The molecule has 1 saturated carbocycles. The number of rotatable bonds is 3. The third-order valence-corrected chi connectivity index (χ3v) is 5.84. The number of thioether (sulfide) groups is 1. The first-order chi connectivity index (χ1) is 9.28. The highest BCUT2D eigenvalue weighted by molar-refractivity contribution is 8.01. The van der Waals surface area contributed by atoms with Gasteiger partial charge in [-0.05, 0) is 36.8 Å². The quantitative estimate of drug-likeness (QED) is 0.868. The summed E-state index contributed by atoms with van der Waals surface area (Å²) in [5, 5.41) is 3.25. The minimum absolute atomic E-state index is 0.0361. The van der Waals surface area contributed by atoms with E-state index in [-0.39, 0.29) is 17.2 Å². The first kappa shape index (κ1) is 13.3. The van der Waals surface area contributed by atoms with Crippen molar-refractivity contribution in [3.05, 3.63) is 29.8 Å². The highest BCUT2D eigenvalue weighted by Crippen LogP contribution is 2.37. The lowest BCUT2D eigenvalue weighted by atomic mass is 10.1. The summed E-state index contributed by atoms with van der Waals surface area (Å²) in [4.78, 5) is 13.6.